The molecular weight excluding hydrogens is 306 g/mol. The van der Waals surface area contributed by atoms with Gasteiger partial charge in [0, 0.05) is 11.5 Å². The number of amides is 1. The van der Waals surface area contributed by atoms with Crippen molar-refractivity contribution < 1.29 is 4.79 Å². The van der Waals surface area contributed by atoms with Gasteiger partial charge in [0.25, 0.3) is 5.91 Å². The van der Waals surface area contributed by atoms with Crippen LogP contribution in [0.15, 0.2) is 28.7 Å². The standard InChI is InChI=1S/C14H16BrN3O/c1-18-12(19)14(17-13(18)16,8-9-5-6-9)10-3-2-4-11(15)7-10/h2-4,7,9H,5-6,8H2,1H3,(H2,16,17). The van der Waals surface area contributed by atoms with Gasteiger partial charge in [-0.3, -0.25) is 15.1 Å². The molecule has 2 N–H and O–H groups in total. The molecule has 2 aliphatic rings. The number of benzene rings is 1. The summed E-state index contributed by atoms with van der Waals surface area (Å²) in [6.07, 6.45) is 3.14. The predicted molar refractivity (Wildman–Crippen MR) is 76.8 cm³/mol. The monoisotopic (exact) mass is 321 g/mol. The molecule has 5 heteroatoms. The first kappa shape index (κ1) is 12.7. The zero-order valence-corrected chi connectivity index (χ0v) is 12.3. The van der Waals surface area contributed by atoms with Gasteiger partial charge in [-0.2, -0.15) is 0 Å². The fourth-order valence-corrected chi connectivity index (χ4v) is 3.09. The molecule has 1 aliphatic carbocycles. The van der Waals surface area contributed by atoms with Crippen molar-refractivity contribution in [2.75, 3.05) is 7.05 Å². The molecule has 19 heavy (non-hydrogen) atoms. The molecule has 1 heterocycles. The van der Waals surface area contributed by atoms with E-state index in [1.165, 1.54) is 17.7 Å². The minimum atomic E-state index is -0.753. The van der Waals surface area contributed by atoms with Gasteiger partial charge in [0.2, 0.25) is 0 Å². The molecule has 3 rings (SSSR count). The molecule has 0 spiro atoms. The topological polar surface area (TPSA) is 56.2 Å². The van der Waals surface area contributed by atoms with Crippen molar-refractivity contribution in [2.24, 2.45) is 5.92 Å². The molecule has 4 nitrogen and oxygen atoms in total. The van der Waals surface area contributed by atoms with E-state index in [0.29, 0.717) is 5.92 Å². The summed E-state index contributed by atoms with van der Waals surface area (Å²) in [5.74, 6) is 0.753. The molecule has 100 valence electrons. The molecule has 1 saturated carbocycles. The van der Waals surface area contributed by atoms with E-state index in [2.05, 4.69) is 21.2 Å². The second-order valence-electron chi connectivity index (χ2n) is 5.40. The third-order valence-corrected chi connectivity index (χ3v) is 4.44. The van der Waals surface area contributed by atoms with Crippen molar-refractivity contribution >= 4 is 27.8 Å². The van der Waals surface area contributed by atoms with E-state index >= 15 is 0 Å². The van der Waals surface area contributed by atoms with Gasteiger partial charge in [0.15, 0.2) is 5.96 Å². The van der Waals surface area contributed by atoms with Crippen LogP contribution in [0.5, 0.6) is 0 Å². The number of nitrogens with one attached hydrogen (secondary N) is 2. The quantitative estimate of drug-likeness (QED) is 0.898. The Kier molecular flexibility index (Phi) is 2.89. The first-order valence-corrected chi connectivity index (χ1v) is 7.23. The second kappa shape index (κ2) is 4.34. The molecule has 1 unspecified atom stereocenters. The van der Waals surface area contributed by atoms with E-state index in [0.717, 1.165) is 16.5 Å². The Hall–Kier alpha value is -1.36. The van der Waals surface area contributed by atoms with E-state index in [1.807, 2.05) is 24.3 Å². The van der Waals surface area contributed by atoms with Gasteiger partial charge in [0.05, 0.1) is 0 Å². The number of carbonyl (C=O) groups is 1. The number of nitrogens with zero attached hydrogens (tertiary/aromatic N) is 1. The molecule has 1 atom stereocenters. The van der Waals surface area contributed by atoms with Crippen LogP contribution in [0.4, 0.5) is 0 Å². The smallest absolute Gasteiger partial charge is 0.259 e. The summed E-state index contributed by atoms with van der Waals surface area (Å²) < 4.78 is 0.954. The molecule has 0 aromatic heterocycles. The molecule has 1 aliphatic heterocycles. The van der Waals surface area contributed by atoms with Crippen molar-refractivity contribution in [3.05, 3.63) is 34.3 Å². The number of carbonyl (C=O) groups excluding carboxylic acids is 1. The van der Waals surface area contributed by atoms with Crippen molar-refractivity contribution in [1.82, 2.24) is 10.2 Å². The third kappa shape index (κ3) is 2.06. The summed E-state index contributed by atoms with van der Waals surface area (Å²) in [7, 11) is 1.66. The van der Waals surface area contributed by atoms with Crippen LogP contribution in [0.25, 0.3) is 0 Å². The average molecular weight is 322 g/mol. The maximum atomic E-state index is 12.6. The van der Waals surface area contributed by atoms with Crippen LogP contribution >= 0.6 is 15.9 Å². The summed E-state index contributed by atoms with van der Waals surface area (Å²) >= 11 is 3.46. The maximum Gasteiger partial charge on any atom is 0.259 e. The lowest BCUT2D eigenvalue weighted by molar-refractivity contribution is -0.131. The lowest BCUT2D eigenvalue weighted by Crippen LogP contribution is -2.44. The van der Waals surface area contributed by atoms with Crippen LogP contribution in [-0.4, -0.2) is 23.8 Å². The summed E-state index contributed by atoms with van der Waals surface area (Å²) in [6.45, 7) is 0. The van der Waals surface area contributed by atoms with Crippen LogP contribution < -0.4 is 5.32 Å². The summed E-state index contributed by atoms with van der Waals surface area (Å²) in [6, 6.07) is 7.82. The normalized spacial score (nSPS) is 26.7. The van der Waals surface area contributed by atoms with Crippen LogP contribution in [0, 0.1) is 11.3 Å². The fourth-order valence-electron chi connectivity index (χ4n) is 2.69. The highest BCUT2D eigenvalue weighted by atomic mass is 79.9. The Morgan fingerprint density at radius 2 is 2.26 bits per heavy atom. The molecule has 2 fully saturated rings. The third-order valence-electron chi connectivity index (χ3n) is 3.95. The van der Waals surface area contributed by atoms with Gasteiger partial charge in [-0.05, 0) is 30.0 Å². The zero-order valence-electron chi connectivity index (χ0n) is 10.7. The number of hydrogen-bond acceptors (Lipinski definition) is 2. The lowest BCUT2D eigenvalue weighted by Gasteiger charge is -2.27. The van der Waals surface area contributed by atoms with Gasteiger partial charge < -0.3 is 5.32 Å². The molecule has 1 amide bonds. The Bertz CT molecular complexity index is 555. The molecule has 1 aromatic carbocycles. The number of hydrogen-bond donors (Lipinski definition) is 2. The first-order valence-electron chi connectivity index (χ1n) is 6.44. The van der Waals surface area contributed by atoms with Crippen LogP contribution in [-0.2, 0) is 10.3 Å². The van der Waals surface area contributed by atoms with E-state index in [4.69, 9.17) is 5.41 Å². The Morgan fingerprint density at radius 3 is 2.79 bits per heavy atom. The van der Waals surface area contributed by atoms with Crippen molar-refractivity contribution in [3.8, 4) is 0 Å². The fraction of sp³-hybridized carbons (Fsp3) is 0.429. The molecule has 0 bridgehead atoms. The van der Waals surface area contributed by atoms with E-state index < -0.39 is 5.54 Å². The maximum absolute atomic E-state index is 12.6. The predicted octanol–water partition coefficient (Wildman–Crippen LogP) is 2.44. The van der Waals surface area contributed by atoms with Crippen LogP contribution in [0.3, 0.4) is 0 Å². The highest BCUT2D eigenvalue weighted by molar-refractivity contribution is 9.10. The van der Waals surface area contributed by atoms with Gasteiger partial charge >= 0.3 is 0 Å². The SMILES string of the molecule is CN1C(=N)NC(CC2CC2)(c2cccc(Br)c2)C1=O. The summed E-state index contributed by atoms with van der Waals surface area (Å²) in [5.41, 5.74) is 0.185. The molecule has 1 aromatic rings. The van der Waals surface area contributed by atoms with Gasteiger partial charge in [-0.15, -0.1) is 0 Å². The first-order chi connectivity index (χ1) is 9.03. The molecular formula is C14H16BrN3O. The highest BCUT2D eigenvalue weighted by Gasteiger charge is 2.51. The van der Waals surface area contributed by atoms with E-state index in [1.54, 1.807) is 7.05 Å². The summed E-state index contributed by atoms with van der Waals surface area (Å²) in [5, 5.41) is 11.0. The van der Waals surface area contributed by atoms with Gasteiger partial charge in [-0.25, -0.2) is 0 Å². The lowest BCUT2D eigenvalue weighted by atomic mass is 9.84. The van der Waals surface area contributed by atoms with Crippen LogP contribution in [0.1, 0.15) is 24.8 Å². The highest BCUT2D eigenvalue weighted by Crippen LogP contribution is 2.43. The number of guanidine groups is 1. The van der Waals surface area contributed by atoms with Gasteiger partial charge in [0.1, 0.15) is 5.54 Å². The average Bonchev–Trinajstić information content (AvgIpc) is 3.16. The molecule has 0 radical (unpaired) electrons. The number of likely N-dealkylation sites (N-methyl/N-ethyl adjacent to an activating group) is 1. The zero-order chi connectivity index (χ0) is 13.6. The Labute approximate surface area is 120 Å². The van der Waals surface area contributed by atoms with Crippen molar-refractivity contribution in [3.63, 3.8) is 0 Å². The number of rotatable bonds is 3. The van der Waals surface area contributed by atoms with E-state index in [9.17, 15) is 4.79 Å². The van der Waals surface area contributed by atoms with Crippen molar-refractivity contribution in [1.29, 1.82) is 5.41 Å². The molecule has 1 saturated heterocycles. The summed E-state index contributed by atoms with van der Waals surface area (Å²) in [4.78, 5) is 14.0. The van der Waals surface area contributed by atoms with Crippen LogP contribution in [0.2, 0.25) is 0 Å². The van der Waals surface area contributed by atoms with Gasteiger partial charge in [-0.1, -0.05) is 40.9 Å². The largest absolute Gasteiger partial charge is 0.338 e. The Morgan fingerprint density at radius 1 is 1.53 bits per heavy atom. The Balaban J connectivity index is 2.06. The minimum absolute atomic E-state index is 0.0255. The second-order valence-corrected chi connectivity index (χ2v) is 6.32. The number of halogens is 1. The van der Waals surface area contributed by atoms with E-state index in [-0.39, 0.29) is 11.9 Å². The van der Waals surface area contributed by atoms with Crippen molar-refractivity contribution in [2.45, 2.75) is 24.8 Å². The minimum Gasteiger partial charge on any atom is -0.338 e.